The number of hydrogen-bond donors (Lipinski definition) is 0. The van der Waals surface area contributed by atoms with Gasteiger partial charge in [-0.3, -0.25) is 9.69 Å². The molecule has 1 atom stereocenters. The van der Waals surface area contributed by atoms with Gasteiger partial charge < -0.3 is 9.32 Å². The molecule has 0 saturated carbocycles. The predicted octanol–water partition coefficient (Wildman–Crippen LogP) is 4.56. The van der Waals surface area contributed by atoms with Crippen LogP contribution >= 0.6 is 0 Å². The quantitative estimate of drug-likeness (QED) is 0.737. The summed E-state index contributed by atoms with van der Waals surface area (Å²) in [5.41, 5.74) is 4.43. The number of hydrogen-bond acceptors (Lipinski definition) is 3. The Bertz CT molecular complexity index is 787. The summed E-state index contributed by atoms with van der Waals surface area (Å²) in [6.07, 6.45) is 7.74. The number of carbonyl (C=O) groups is 1. The second-order valence-electron chi connectivity index (χ2n) is 8.45. The van der Waals surface area contributed by atoms with Crippen molar-refractivity contribution in [3.63, 3.8) is 0 Å². The van der Waals surface area contributed by atoms with Gasteiger partial charge in [0.15, 0.2) is 0 Å². The van der Waals surface area contributed by atoms with Crippen molar-refractivity contribution in [1.29, 1.82) is 0 Å². The maximum atomic E-state index is 12.8. The number of rotatable bonds is 6. The second-order valence-corrected chi connectivity index (χ2v) is 8.45. The Morgan fingerprint density at radius 1 is 1.18 bits per heavy atom. The lowest BCUT2D eigenvalue weighted by Gasteiger charge is -2.40. The highest BCUT2D eigenvalue weighted by atomic mass is 16.3. The van der Waals surface area contributed by atoms with Crippen molar-refractivity contribution >= 4 is 5.91 Å². The average Bonchev–Trinajstić information content (AvgIpc) is 3.32. The van der Waals surface area contributed by atoms with Crippen LogP contribution < -0.4 is 0 Å². The number of carbonyl (C=O) groups excluding carboxylic acids is 1. The van der Waals surface area contributed by atoms with Crippen LogP contribution in [0.2, 0.25) is 0 Å². The van der Waals surface area contributed by atoms with E-state index in [1.54, 1.807) is 6.26 Å². The number of piperidine rings is 1. The van der Waals surface area contributed by atoms with E-state index in [0.717, 1.165) is 39.1 Å². The maximum Gasteiger partial charge on any atom is 0.223 e. The monoisotopic (exact) mass is 380 g/mol. The maximum absolute atomic E-state index is 12.8. The molecule has 2 aliphatic rings. The lowest BCUT2D eigenvalue weighted by molar-refractivity contribution is -0.131. The SMILES string of the molecule is CCN(CC)C(=O)C[C@H]1CC2(CCN(Cc3ccoc3)CC2)c2ccccc21. The van der Waals surface area contributed by atoms with Gasteiger partial charge in [-0.2, -0.15) is 0 Å². The van der Waals surface area contributed by atoms with Crippen molar-refractivity contribution in [1.82, 2.24) is 9.80 Å². The third kappa shape index (κ3) is 3.62. The summed E-state index contributed by atoms with van der Waals surface area (Å²) in [6.45, 7) is 8.93. The molecule has 4 nitrogen and oxygen atoms in total. The molecular formula is C24H32N2O2. The summed E-state index contributed by atoms with van der Waals surface area (Å²) >= 11 is 0. The lowest BCUT2D eigenvalue weighted by atomic mass is 9.73. The summed E-state index contributed by atoms with van der Waals surface area (Å²) in [6, 6.07) is 11.0. The van der Waals surface area contributed by atoms with Crippen LogP contribution in [0.5, 0.6) is 0 Å². The van der Waals surface area contributed by atoms with E-state index in [-0.39, 0.29) is 5.41 Å². The van der Waals surface area contributed by atoms with Crippen molar-refractivity contribution in [3.8, 4) is 0 Å². The van der Waals surface area contributed by atoms with Crippen LogP contribution in [0.3, 0.4) is 0 Å². The summed E-state index contributed by atoms with van der Waals surface area (Å²) in [5.74, 6) is 0.670. The molecule has 150 valence electrons. The second kappa shape index (κ2) is 8.12. The molecule has 2 aromatic rings. The number of nitrogens with zero attached hydrogens (tertiary/aromatic N) is 2. The molecule has 28 heavy (non-hydrogen) atoms. The van der Waals surface area contributed by atoms with Crippen molar-refractivity contribution in [2.75, 3.05) is 26.2 Å². The van der Waals surface area contributed by atoms with Crippen molar-refractivity contribution < 1.29 is 9.21 Å². The molecule has 0 N–H and O–H groups in total. The van der Waals surface area contributed by atoms with Gasteiger partial charge in [0.2, 0.25) is 5.91 Å². The molecule has 1 aliphatic heterocycles. The topological polar surface area (TPSA) is 36.7 Å². The molecule has 4 rings (SSSR count). The van der Waals surface area contributed by atoms with Crippen LogP contribution in [0, 0.1) is 0 Å². The van der Waals surface area contributed by atoms with Gasteiger partial charge >= 0.3 is 0 Å². The molecule has 1 aromatic heterocycles. The first-order valence-electron chi connectivity index (χ1n) is 10.8. The first kappa shape index (κ1) is 19.3. The van der Waals surface area contributed by atoms with Crippen molar-refractivity contribution in [2.24, 2.45) is 0 Å². The van der Waals surface area contributed by atoms with Crippen LogP contribution in [0.1, 0.15) is 62.1 Å². The summed E-state index contributed by atoms with van der Waals surface area (Å²) in [5, 5.41) is 0. The molecule has 2 heterocycles. The summed E-state index contributed by atoms with van der Waals surface area (Å²) in [4.78, 5) is 17.3. The molecule has 1 spiro atoms. The Labute approximate surface area is 168 Å². The fourth-order valence-electron chi connectivity index (χ4n) is 5.38. The van der Waals surface area contributed by atoms with Crippen molar-refractivity contribution in [2.45, 2.75) is 57.4 Å². The smallest absolute Gasteiger partial charge is 0.223 e. The Hall–Kier alpha value is -2.07. The number of furan rings is 1. The molecule has 1 saturated heterocycles. The fourth-order valence-corrected chi connectivity index (χ4v) is 5.38. The van der Waals surface area contributed by atoms with E-state index in [0.29, 0.717) is 18.2 Å². The highest BCUT2D eigenvalue weighted by Gasteiger charge is 2.45. The van der Waals surface area contributed by atoms with Crippen LogP contribution in [0.15, 0.2) is 47.3 Å². The third-order valence-electron chi connectivity index (χ3n) is 6.95. The predicted molar refractivity (Wildman–Crippen MR) is 111 cm³/mol. The van der Waals surface area contributed by atoms with E-state index in [1.807, 2.05) is 11.2 Å². The highest BCUT2D eigenvalue weighted by molar-refractivity contribution is 5.77. The first-order chi connectivity index (χ1) is 13.6. The number of amides is 1. The molecule has 1 amide bonds. The standard InChI is InChI=1S/C24H32N2O2/c1-3-26(4-2)23(27)15-20-16-24(22-8-6-5-7-21(20)22)10-12-25(13-11-24)17-19-9-14-28-18-19/h5-9,14,18,20H,3-4,10-13,15-17H2,1-2H3/t20-/m0/s1. The lowest BCUT2D eigenvalue weighted by Crippen LogP contribution is -2.41. The van der Waals surface area contributed by atoms with Crippen LogP contribution in [-0.2, 0) is 16.8 Å². The zero-order valence-electron chi connectivity index (χ0n) is 17.2. The van der Waals surface area contributed by atoms with Gasteiger partial charge in [0, 0.05) is 31.6 Å². The number of benzene rings is 1. The zero-order valence-corrected chi connectivity index (χ0v) is 17.2. The van der Waals surface area contributed by atoms with E-state index in [9.17, 15) is 4.79 Å². The molecule has 0 bridgehead atoms. The molecular weight excluding hydrogens is 348 g/mol. The van der Waals surface area contributed by atoms with E-state index in [4.69, 9.17) is 4.42 Å². The van der Waals surface area contributed by atoms with Gasteiger partial charge in [-0.1, -0.05) is 24.3 Å². The molecule has 4 heteroatoms. The summed E-state index contributed by atoms with van der Waals surface area (Å²) < 4.78 is 5.22. The minimum absolute atomic E-state index is 0.248. The Kier molecular flexibility index (Phi) is 5.58. The van der Waals surface area contributed by atoms with E-state index < -0.39 is 0 Å². The van der Waals surface area contributed by atoms with E-state index in [2.05, 4.69) is 49.1 Å². The molecule has 1 aromatic carbocycles. The Balaban J connectivity index is 1.48. The van der Waals surface area contributed by atoms with Gasteiger partial charge in [0.1, 0.15) is 0 Å². The van der Waals surface area contributed by atoms with Crippen LogP contribution in [0.4, 0.5) is 0 Å². The normalized spacial score (nSPS) is 21.0. The van der Waals surface area contributed by atoms with E-state index in [1.165, 1.54) is 29.5 Å². The highest BCUT2D eigenvalue weighted by Crippen LogP contribution is 2.52. The molecule has 0 unspecified atom stereocenters. The van der Waals surface area contributed by atoms with Crippen molar-refractivity contribution in [3.05, 3.63) is 59.5 Å². The molecule has 0 radical (unpaired) electrons. The summed E-state index contributed by atoms with van der Waals surface area (Å²) in [7, 11) is 0. The van der Waals surface area contributed by atoms with Gasteiger partial charge in [0.25, 0.3) is 0 Å². The average molecular weight is 381 g/mol. The minimum Gasteiger partial charge on any atom is -0.472 e. The van der Waals surface area contributed by atoms with Crippen LogP contribution in [-0.4, -0.2) is 41.9 Å². The number of likely N-dealkylation sites (tertiary alicyclic amines) is 1. The van der Waals surface area contributed by atoms with Gasteiger partial charge in [0.05, 0.1) is 12.5 Å². The minimum atomic E-state index is 0.248. The molecule has 1 aliphatic carbocycles. The van der Waals surface area contributed by atoms with Gasteiger partial charge in [-0.05, 0) is 74.7 Å². The zero-order chi connectivity index (χ0) is 19.6. The Morgan fingerprint density at radius 3 is 2.61 bits per heavy atom. The Morgan fingerprint density at radius 2 is 1.93 bits per heavy atom. The van der Waals surface area contributed by atoms with Gasteiger partial charge in [-0.15, -0.1) is 0 Å². The fraction of sp³-hybridized carbons (Fsp3) is 0.542. The third-order valence-corrected chi connectivity index (χ3v) is 6.95. The molecule has 1 fully saturated rings. The number of fused-ring (bicyclic) bond motifs is 2. The first-order valence-corrected chi connectivity index (χ1v) is 10.8. The largest absolute Gasteiger partial charge is 0.472 e. The van der Waals surface area contributed by atoms with Crippen LogP contribution in [0.25, 0.3) is 0 Å². The van der Waals surface area contributed by atoms with E-state index >= 15 is 0 Å². The van der Waals surface area contributed by atoms with Gasteiger partial charge in [-0.25, -0.2) is 0 Å².